The van der Waals surface area contributed by atoms with Crippen LogP contribution in [0, 0.1) is 20.8 Å². The molecular formula is C14H17BrN2. The normalized spacial score (nSPS) is 11.1. The number of aromatic nitrogens is 1. The summed E-state index contributed by atoms with van der Waals surface area (Å²) in [6, 6.07) is 2.09. The van der Waals surface area contributed by atoms with E-state index in [0.29, 0.717) is 0 Å². The Morgan fingerprint density at radius 3 is 2.53 bits per heavy atom. The highest BCUT2D eigenvalue weighted by atomic mass is 79.9. The lowest BCUT2D eigenvalue weighted by Crippen LogP contribution is -2.02. The van der Waals surface area contributed by atoms with Gasteiger partial charge in [-0.05, 0) is 49.9 Å². The molecule has 0 aliphatic carbocycles. The first-order valence-electron chi connectivity index (χ1n) is 5.81. The first kappa shape index (κ1) is 12.4. The smallest absolute Gasteiger partial charge is 0.0732 e. The lowest BCUT2D eigenvalue weighted by atomic mass is 9.99. The Balaban J connectivity index is 2.98. The Morgan fingerprint density at radius 2 is 1.94 bits per heavy atom. The monoisotopic (exact) mass is 292 g/mol. The molecule has 2 N–H and O–H groups in total. The van der Waals surface area contributed by atoms with Crippen molar-refractivity contribution in [2.45, 2.75) is 34.1 Å². The predicted molar refractivity (Wildman–Crippen MR) is 77.4 cm³/mol. The third kappa shape index (κ3) is 1.82. The molecule has 0 amide bonds. The second-order valence-corrected chi connectivity index (χ2v) is 5.26. The Hall–Kier alpha value is -1.09. The molecule has 2 rings (SSSR count). The number of pyridine rings is 1. The summed E-state index contributed by atoms with van der Waals surface area (Å²) >= 11 is 3.62. The van der Waals surface area contributed by atoms with Gasteiger partial charge in [0.05, 0.1) is 5.52 Å². The van der Waals surface area contributed by atoms with E-state index in [0.717, 1.165) is 38.7 Å². The number of nitrogen functional groups attached to an aromatic ring is 1. The van der Waals surface area contributed by atoms with Crippen LogP contribution in [0.4, 0.5) is 5.69 Å². The van der Waals surface area contributed by atoms with Crippen LogP contribution in [0.25, 0.3) is 10.9 Å². The predicted octanol–water partition coefficient (Wildman–Crippen LogP) is 4.07. The number of aryl methyl sites for hydroxylation is 3. The highest BCUT2D eigenvalue weighted by Crippen LogP contribution is 2.34. The summed E-state index contributed by atoms with van der Waals surface area (Å²) in [5, 5.41) is 1.09. The van der Waals surface area contributed by atoms with Crippen LogP contribution in [-0.2, 0) is 6.42 Å². The molecule has 3 heteroatoms. The molecule has 0 fully saturated rings. The minimum atomic E-state index is 0.883. The highest BCUT2D eigenvalue weighted by Gasteiger charge is 2.13. The van der Waals surface area contributed by atoms with E-state index in [9.17, 15) is 0 Å². The molecule has 0 unspecified atom stereocenters. The van der Waals surface area contributed by atoms with E-state index in [1.165, 1.54) is 11.1 Å². The fourth-order valence-electron chi connectivity index (χ4n) is 2.41. The van der Waals surface area contributed by atoms with Crippen molar-refractivity contribution in [3.8, 4) is 0 Å². The fraction of sp³-hybridized carbons (Fsp3) is 0.357. The molecule has 0 saturated carbocycles. The lowest BCUT2D eigenvalue weighted by Gasteiger charge is -2.14. The number of rotatable bonds is 1. The van der Waals surface area contributed by atoms with Gasteiger partial charge in [0.15, 0.2) is 0 Å². The second-order valence-electron chi connectivity index (χ2n) is 4.47. The van der Waals surface area contributed by atoms with Gasteiger partial charge in [-0.15, -0.1) is 0 Å². The summed E-state index contributed by atoms with van der Waals surface area (Å²) in [7, 11) is 0. The van der Waals surface area contributed by atoms with E-state index in [4.69, 9.17) is 5.73 Å². The molecule has 0 atom stereocenters. The number of nitrogens with two attached hydrogens (primary N) is 1. The van der Waals surface area contributed by atoms with E-state index in [-0.39, 0.29) is 0 Å². The zero-order chi connectivity index (χ0) is 12.7. The number of fused-ring (bicyclic) bond motifs is 1. The van der Waals surface area contributed by atoms with E-state index < -0.39 is 0 Å². The van der Waals surface area contributed by atoms with Crippen molar-refractivity contribution in [1.82, 2.24) is 4.98 Å². The van der Waals surface area contributed by atoms with Gasteiger partial charge in [-0.2, -0.15) is 0 Å². The molecule has 0 spiro atoms. The van der Waals surface area contributed by atoms with Crippen LogP contribution in [0.1, 0.15) is 29.3 Å². The minimum absolute atomic E-state index is 0.883. The van der Waals surface area contributed by atoms with Crippen molar-refractivity contribution in [2.75, 3.05) is 5.73 Å². The first-order valence-corrected chi connectivity index (χ1v) is 6.61. The molecule has 0 radical (unpaired) electrons. The van der Waals surface area contributed by atoms with E-state index >= 15 is 0 Å². The van der Waals surface area contributed by atoms with E-state index in [1.54, 1.807) is 0 Å². The number of halogens is 1. The number of nitrogens with zero attached hydrogens (tertiary/aromatic N) is 1. The van der Waals surface area contributed by atoms with Gasteiger partial charge in [0, 0.05) is 21.2 Å². The third-order valence-corrected chi connectivity index (χ3v) is 4.55. The molecule has 0 saturated heterocycles. The molecule has 0 aliphatic heterocycles. The zero-order valence-corrected chi connectivity index (χ0v) is 12.3. The number of hydrogen-bond acceptors (Lipinski definition) is 2. The molecular weight excluding hydrogens is 276 g/mol. The van der Waals surface area contributed by atoms with Crippen LogP contribution in [0.15, 0.2) is 10.5 Å². The summed E-state index contributed by atoms with van der Waals surface area (Å²) in [6.45, 7) is 8.32. The molecule has 0 aliphatic rings. The van der Waals surface area contributed by atoms with Crippen molar-refractivity contribution < 1.29 is 0 Å². The molecule has 1 aromatic carbocycles. The summed E-state index contributed by atoms with van der Waals surface area (Å²) in [5.74, 6) is 0. The van der Waals surface area contributed by atoms with Gasteiger partial charge in [-0.1, -0.05) is 22.9 Å². The van der Waals surface area contributed by atoms with Crippen LogP contribution >= 0.6 is 15.9 Å². The largest absolute Gasteiger partial charge is 0.398 e. The lowest BCUT2D eigenvalue weighted by molar-refractivity contribution is 1.07. The quantitative estimate of drug-likeness (QED) is 0.861. The van der Waals surface area contributed by atoms with Gasteiger partial charge in [0.25, 0.3) is 0 Å². The maximum Gasteiger partial charge on any atom is 0.0732 e. The SMILES string of the molecule is CCc1c(C)nc2cc(C)c(Br)c(C)c2c1N. The molecule has 0 bridgehead atoms. The van der Waals surface area contributed by atoms with Crippen LogP contribution in [0.5, 0.6) is 0 Å². The Labute approximate surface area is 110 Å². The van der Waals surface area contributed by atoms with Crippen LogP contribution in [0.3, 0.4) is 0 Å². The summed E-state index contributed by atoms with van der Waals surface area (Å²) in [6.07, 6.45) is 0.922. The van der Waals surface area contributed by atoms with Gasteiger partial charge in [0.2, 0.25) is 0 Å². The molecule has 90 valence electrons. The summed E-state index contributed by atoms with van der Waals surface area (Å²) in [4.78, 5) is 4.67. The Morgan fingerprint density at radius 1 is 1.29 bits per heavy atom. The van der Waals surface area contributed by atoms with Crippen molar-refractivity contribution in [2.24, 2.45) is 0 Å². The minimum Gasteiger partial charge on any atom is -0.398 e. The van der Waals surface area contributed by atoms with Gasteiger partial charge < -0.3 is 5.73 Å². The fourth-order valence-corrected chi connectivity index (χ4v) is 2.72. The number of benzene rings is 1. The average molecular weight is 293 g/mol. The van der Waals surface area contributed by atoms with Gasteiger partial charge in [-0.25, -0.2) is 0 Å². The average Bonchev–Trinajstić information content (AvgIpc) is 2.26. The zero-order valence-electron chi connectivity index (χ0n) is 10.7. The van der Waals surface area contributed by atoms with Crippen molar-refractivity contribution in [3.05, 3.63) is 32.9 Å². The van der Waals surface area contributed by atoms with Gasteiger partial charge >= 0.3 is 0 Å². The van der Waals surface area contributed by atoms with Crippen LogP contribution in [-0.4, -0.2) is 4.98 Å². The van der Waals surface area contributed by atoms with Crippen molar-refractivity contribution >= 4 is 32.5 Å². The Bertz CT molecular complexity index is 603. The maximum absolute atomic E-state index is 6.29. The molecule has 1 aromatic heterocycles. The van der Waals surface area contributed by atoms with E-state index in [2.05, 4.69) is 47.8 Å². The molecule has 17 heavy (non-hydrogen) atoms. The number of anilines is 1. The summed E-state index contributed by atoms with van der Waals surface area (Å²) < 4.78 is 1.13. The first-order chi connectivity index (χ1) is 7.97. The van der Waals surface area contributed by atoms with Crippen LogP contribution in [0.2, 0.25) is 0 Å². The highest BCUT2D eigenvalue weighted by molar-refractivity contribution is 9.10. The van der Waals surface area contributed by atoms with Gasteiger partial charge in [-0.3, -0.25) is 4.98 Å². The molecule has 2 nitrogen and oxygen atoms in total. The van der Waals surface area contributed by atoms with Crippen molar-refractivity contribution in [3.63, 3.8) is 0 Å². The Kier molecular flexibility index (Phi) is 3.13. The third-order valence-electron chi connectivity index (χ3n) is 3.33. The molecule has 1 heterocycles. The van der Waals surface area contributed by atoms with Gasteiger partial charge in [0.1, 0.15) is 0 Å². The maximum atomic E-state index is 6.29. The second kappa shape index (κ2) is 4.30. The van der Waals surface area contributed by atoms with Crippen LogP contribution < -0.4 is 5.73 Å². The van der Waals surface area contributed by atoms with E-state index in [1.807, 2.05) is 6.92 Å². The standard InChI is InChI=1S/C14H17BrN2/c1-5-10-9(4)17-11-6-7(2)13(15)8(3)12(11)14(10)16/h6H,5H2,1-4H3,(H2,16,17). The number of hydrogen-bond donors (Lipinski definition) is 1. The molecule has 2 aromatic rings. The topological polar surface area (TPSA) is 38.9 Å². The van der Waals surface area contributed by atoms with Crippen molar-refractivity contribution in [1.29, 1.82) is 0 Å². The summed E-state index contributed by atoms with van der Waals surface area (Å²) in [5.41, 5.74) is 12.8.